The Labute approximate surface area is 508 Å². The van der Waals surface area contributed by atoms with Gasteiger partial charge in [-0.05, 0) is 111 Å². The molecule has 4 saturated carbocycles. The van der Waals surface area contributed by atoms with Gasteiger partial charge < -0.3 is 134 Å². The third-order valence-electron chi connectivity index (χ3n) is 23.3. The van der Waals surface area contributed by atoms with Crippen LogP contribution in [-0.2, 0) is 57.0 Å². The molecule has 17 N–H and O–H groups in total. The van der Waals surface area contributed by atoms with Crippen molar-refractivity contribution in [1.82, 2.24) is 0 Å². The minimum atomic E-state index is -2.11. The molecule has 10 aliphatic rings. The van der Waals surface area contributed by atoms with Crippen molar-refractivity contribution in [2.45, 2.75) is 259 Å². The summed E-state index contributed by atoms with van der Waals surface area (Å²) in [6.07, 6.45) is -36.8. The highest BCUT2D eigenvalue weighted by molar-refractivity contribution is 5.79. The number of hydrogen-bond acceptors (Lipinski definition) is 28. The minimum Gasteiger partial charge on any atom is -0.481 e. The summed E-state index contributed by atoms with van der Waals surface area (Å²) in [6, 6.07) is 0. The number of aliphatic carboxylic acids is 1. The van der Waals surface area contributed by atoms with E-state index >= 15 is 4.79 Å². The third-order valence-corrected chi connectivity index (χ3v) is 23.3. The van der Waals surface area contributed by atoms with Crippen molar-refractivity contribution in [3.8, 4) is 0 Å². The molecule has 0 bridgehead atoms. The summed E-state index contributed by atoms with van der Waals surface area (Å²) in [5, 5.41) is 183. The van der Waals surface area contributed by atoms with Gasteiger partial charge in [-0.3, -0.25) is 9.59 Å². The number of carboxylic acid groups (broad SMARTS) is 1. The number of allylic oxidation sites excluding steroid dienone is 2. The van der Waals surface area contributed by atoms with Crippen LogP contribution in [0.5, 0.6) is 0 Å². The molecule has 5 aliphatic carbocycles. The standard InChI is InChI=1S/C59H94O29/c1-54(2)13-15-59(16-14-56(4)23(24(59)17-54)7-8-30-55(3)11-10-32(85-47-41(72)36(67)28(21-63)80-47)58(6,52(76)77)31(55)9-12-57(30,56)5)53(78)88-50-44(75)45(86-48-42(73)38(69)33(64)25(18-60)81-48)37(68)29(84-50)22-79-51-46(40(71)35(66)27(20-62)83-51)87-49-43(74)39(70)34(65)26(19-61)82-49/h7,24-51,60-75H,8-22H2,1-6H3,(H,76,77)/t24-,25+,26+,27+,28-,29+,30+,31+,32-,33+,34+,35+,36-,37+,38-,39-,40-,41+,42+,43+,44+,45-,46+,47-,48-,49-,50-,51+,55+,56+,57+,58-,59-/m0/s1. The van der Waals surface area contributed by atoms with Crippen LogP contribution in [0.25, 0.3) is 0 Å². The highest BCUT2D eigenvalue weighted by Crippen LogP contribution is 2.76. The van der Waals surface area contributed by atoms with E-state index in [-0.39, 0.29) is 11.3 Å². The lowest BCUT2D eigenvalue weighted by molar-refractivity contribution is -0.377. The van der Waals surface area contributed by atoms with Crippen molar-refractivity contribution < 1.29 is 144 Å². The van der Waals surface area contributed by atoms with Gasteiger partial charge in [0.1, 0.15) is 116 Å². The Morgan fingerprint density at radius 3 is 1.55 bits per heavy atom. The van der Waals surface area contributed by atoms with Gasteiger partial charge in [-0.1, -0.05) is 46.3 Å². The molecular weight excluding hydrogens is 1170 g/mol. The minimum absolute atomic E-state index is 0.0504. The number of carbonyl (C=O) groups is 2. The van der Waals surface area contributed by atoms with Gasteiger partial charge in [0.15, 0.2) is 25.2 Å². The zero-order valence-electron chi connectivity index (χ0n) is 50.4. The molecule has 88 heavy (non-hydrogen) atoms. The molecule has 5 heterocycles. The molecule has 29 nitrogen and oxygen atoms in total. The first kappa shape index (κ1) is 68.5. The summed E-state index contributed by atoms with van der Waals surface area (Å²) < 4.78 is 59.3. The summed E-state index contributed by atoms with van der Waals surface area (Å²) in [5.41, 5.74) is -3.46. The van der Waals surface area contributed by atoms with Gasteiger partial charge in [-0.2, -0.15) is 0 Å². The van der Waals surface area contributed by atoms with E-state index in [1.807, 2.05) is 0 Å². The number of rotatable bonds is 16. The van der Waals surface area contributed by atoms with Gasteiger partial charge in [0, 0.05) is 0 Å². The second-order valence-corrected chi connectivity index (χ2v) is 28.4. The molecule has 0 spiro atoms. The van der Waals surface area contributed by atoms with E-state index in [9.17, 15) is 91.6 Å². The predicted molar refractivity (Wildman–Crippen MR) is 291 cm³/mol. The Hall–Kier alpha value is -2.32. The van der Waals surface area contributed by atoms with Gasteiger partial charge in [0.05, 0.1) is 50.0 Å². The number of aliphatic hydroxyl groups excluding tert-OH is 16. The second-order valence-electron chi connectivity index (χ2n) is 28.4. The lowest BCUT2D eigenvalue weighted by Crippen LogP contribution is -2.67. The van der Waals surface area contributed by atoms with Crippen LogP contribution >= 0.6 is 0 Å². The lowest BCUT2D eigenvalue weighted by atomic mass is 9.33. The molecule has 29 heteroatoms. The summed E-state index contributed by atoms with van der Waals surface area (Å²) in [5.74, 6) is -2.72. The largest absolute Gasteiger partial charge is 0.481 e. The monoisotopic (exact) mass is 1270 g/mol. The molecule has 9 fully saturated rings. The van der Waals surface area contributed by atoms with Gasteiger partial charge in [0.2, 0.25) is 6.29 Å². The number of aliphatic hydroxyl groups is 16. The van der Waals surface area contributed by atoms with Crippen molar-refractivity contribution in [2.24, 2.45) is 50.2 Å². The van der Waals surface area contributed by atoms with E-state index < -0.39 is 237 Å². The molecule has 10 rings (SSSR count). The Kier molecular flexibility index (Phi) is 19.8. The van der Waals surface area contributed by atoms with E-state index in [1.54, 1.807) is 6.92 Å². The summed E-state index contributed by atoms with van der Waals surface area (Å²) in [4.78, 5) is 29.4. The Bertz CT molecular complexity index is 2490. The summed E-state index contributed by atoms with van der Waals surface area (Å²) >= 11 is 0. The molecule has 504 valence electrons. The smallest absolute Gasteiger partial charge is 0.315 e. The normalized spacial score (nSPS) is 53.6. The summed E-state index contributed by atoms with van der Waals surface area (Å²) in [6.45, 7) is 8.56. The number of carboxylic acids is 1. The van der Waals surface area contributed by atoms with E-state index in [0.717, 1.165) is 5.57 Å². The molecule has 0 unspecified atom stereocenters. The number of esters is 1. The molecule has 33 atom stereocenters. The topological polar surface area (TPSA) is 470 Å². The SMILES string of the molecule is CC1(C)CC[C@]2(C(=O)O[C@@H]3O[C@H](CO[C@@H]4O[C@H](CO)[C@@H](O)[C@H](O)[C@H]4O[C@@H]4O[C@H](CO)[C@@H](O)[C@H](O)[C@H]4O)[C@@H](O)[C@H](O[C@@H]4O[C@H](CO)[C@@H](O)[C@H](O)[C@H]4O)[C@H]3O)CC[C@]3(C)C(=CC[C@@H]4[C@@]5(C)CC[C@H](O[C@@H]6O[C@@H](CO)[C@H](O)[C@H]6O)[C@@](C)(C(=O)O)[C@@H]5CC[C@]43C)[C@@H]2C1. The Morgan fingerprint density at radius 2 is 0.989 bits per heavy atom. The second kappa shape index (κ2) is 25.4. The first-order chi connectivity index (χ1) is 41.3. The van der Waals surface area contributed by atoms with E-state index in [4.69, 9.17) is 47.4 Å². The fourth-order valence-electron chi connectivity index (χ4n) is 17.6. The molecule has 0 aromatic heterocycles. The molecular formula is C59H94O29. The van der Waals surface area contributed by atoms with Crippen molar-refractivity contribution in [3.63, 3.8) is 0 Å². The zero-order valence-corrected chi connectivity index (χ0v) is 50.4. The quantitative estimate of drug-likeness (QED) is 0.0511. The lowest BCUT2D eigenvalue weighted by Gasteiger charge is -2.71. The molecule has 0 radical (unpaired) electrons. The zero-order chi connectivity index (χ0) is 64.3. The first-order valence-electron chi connectivity index (χ1n) is 30.9. The van der Waals surface area contributed by atoms with E-state index in [0.29, 0.717) is 64.2 Å². The van der Waals surface area contributed by atoms with Crippen molar-refractivity contribution in [2.75, 3.05) is 33.0 Å². The molecule has 5 aliphatic heterocycles. The first-order valence-corrected chi connectivity index (χ1v) is 30.9. The maximum absolute atomic E-state index is 15.7. The van der Waals surface area contributed by atoms with Crippen LogP contribution in [-0.4, -0.2) is 285 Å². The maximum atomic E-state index is 15.7. The fourth-order valence-corrected chi connectivity index (χ4v) is 17.6. The van der Waals surface area contributed by atoms with Gasteiger partial charge in [0.25, 0.3) is 0 Å². The highest BCUT2D eigenvalue weighted by Gasteiger charge is 2.72. The summed E-state index contributed by atoms with van der Waals surface area (Å²) in [7, 11) is 0. The highest BCUT2D eigenvalue weighted by atomic mass is 16.8. The number of carbonyl (C=O) groups excluding carboxylic acids is 1. The average molecular weight is 1270 g/mol. The number of hydrogen-bond donors (Lipinski definition) is 17. The van der Waals surface area contributed by atoms with Crippen LogP contribution in [0.1, 0.15) is 106 Å². The molecule has 0 aromatic carbocycles. The average Bonchev–Trinajstić information content (AvgIpc) is 0.744. The van der Waals surface area contributed by atoms with Crippen LogP contribution in [0, 0.1) is 50.2 Å². The van der Waals surface area contributed by atoms with Gasteiger partial charge in [-0.25, -0.2) is 0 Å². The van der Waals surface area contributed by atoms with Gasteiger partial charge in [-0.15, -0.1) is 0 Å². The number of fused-ring (bicyclic) bond motifs is 7. The Balaban J connectivity index is 0.931. The van der Waals surface area contributed by atoms with Gasteiger partial charge >= 0.3 is 11.9 Å². The van der Waals surface area contributed by atoms with Crippen LogP contribution in [0.3, 0.4) is 0 Å². The Morgan fingerprint density at radius 1 is 0.500 bits per heavy atom. The van der Waals surface area contributed by atoms with Crippen LogP contribution in [0.15, 0.2) is 11.6 Å². The van der Waals surface area contributed by atoms with Crippen LogP contribution < -0.4 is 0 Å². The van der Waals surface area contributed by atoms with Crippen molar-refractivity contribution >= 4 is 11.9 Å². The van der Waals surface area contributed by atoms with Crippen LogP contribution in [0.2, 0.25) is 0 Å². The maximum Gasteiger partial charge on any atom is 0.315 e. The predicted octanol–water partition coefficient (Wildman–Crippen LogP) is -4.51. The molecule has 5 saturated heterocycles. The fraction of sp³-hybridized carbons (Fsp3) is 0.932. The van der Waals surface area contributed by atoms with Crippen LogP contribution in [0.4, 0.5) is 0 Å². The van der Waals surface area contributed by atoms with Crippen molar-refractivity contribution in [3.05, 3.63) is 11.6 Å². The third kappa shape index (κ3) is 11.2. The van der Waals surface area contributed by atoms with E-state index in [2.05, 4.69) is 40.7 Å². The van der Waals surface area contributed by atoms with E-state index in [1.165, 1.54) is 0 Å². The molecule has 0 amide bonds. The number of ether oxygens (including phenoxy) is 10. The molecule has 0 aromatic rings. The van der Waals surface area contributed by atoms with Crippen molar-refractivity contribution in [1.29, 1.82) is 0 Å².